The van der Waals surface area contributed by atoms with Gasteiger partial charge in [0.05, 0.1) is 19.9 Å². The van der Waals surface area contributed by atoms with E-state index in [1.807, 2.05) is 0 Å². The standard InChI is InChI=1S/C21H18N2O6S/c1-12(24)29-17-9-4-13(11-18(17)28-3)10-16-19(25)22-21(30)23(20(16)26)14-5-7-15(27-2)8-6-14/h4-11H,1-3H3,(H,22,25,30)/b16-10-. The fourth-order valence-corrected chi connectivity index (χ4v) is 3.08. The van der Waals surface area contributed by atoms with Gasteiger partial charge in [-0.3, -0.25) is 24.6 Å². The van der Waals surface area contributed by atoms with Gasteiger partial charge in [-0.05, 0) is 60.3 Å². The summed E-state index contributed by atoms with van der Waals surface area (Å²) >= 11 is 5.19. The molecular formula is C21H18N2O6S. The van der Waals surface area contributed by atoms with Gasteiger partial charge in [0.25, 0.3) is 11.8 Å². The number of thiocarbonyl (C=S) groups is 1. The van der Waals surface area contributed by atoms with Crippen LogP contribution in [0.4, 0.5) is 5.69 Å². The lowest BCUT2D eigenvalue weighted by Crippen LogP contribution is -2.54. The van der Waals surface area contributed by atoms with Crippen LogP contribution in [-0.4, -0.2) is 37.1 Å². The van der Waals surface area contributed by atoms with Crippen LogP contribution in [0.3, 0.4) is 0 Å². The topological polar surface area (TPSA) is 94.2 Å². The Morgan fingerprint density at radius 3 is 2.33 bits per heavy atom. The summed E-state index contributed by atoms with van der Waals surface area (Å²) in [6.45, 7) is 1.27. The van der Waals surface area contributed by atoms with E-state index < -0.39 is 17.8 Å². The quantitative estimate of drug-likeness (QED) is 0.258. The summed E-state index contributed by atoms with van der Waals surface area (Å²) < 4.78 is 15.4. The fraction of sp³-hybridized carbons (Fsp3) is 0.143. The van der Waals surface area contributed by atoms with Crippen LogP contribution in [-0.2, 0) is 14.4 Å². The highest BCUT2D eigenvalue weighted by Gasteiger charge is 2.34. The van der Waals surface area contributed by atoms with Gasteiger partial charge in [-0.15, -0.1) is 0 Å². The number of ether oxygens (including phenoxy) is 3. The maximum Gasteiger partial charge on any atom is 0.308 e. The number of rotatable bonds is 5. The van der Waals surface area contributed by atoms with Gasteiger partial charge in [0.1, 0.15) is 11.3 Å². The first kappa shape index (κ1) is 21.0. The molecule has 2 aromatic carbocycles. The number of benzene rings is 2. The zero-order valence-corrected chi connectivity index (χ0v) is 17.2. The predicted octanol–water partition coefficient (Wildman–Crippen LogP) is 2.46. The number of nitrogens with one attached hydrogen (secondary N) is 1. The SMILES string of the molecule is COc1ccc(N2C(=O)/C(=C\c3ccc(OC(C)=O)c(OC)c3)C(=O)NC2=S)cc1. The molecule has 154 valence electrons. The first-order chi connectivity index (χ1) is 14.3. The van der Waals surface area contributed by atoms with E-state index in [0.717, 1.165) is 0 Å². The van der Waals surface area contributed by atoms with E-state index in [0.29, 0.717) is 17.0 Å². The van der Waals surface area contributed by atoms with Gasteiger partial charge in [-0.2, -0.15) is 0 Å². The molecular weight excluding hydrogens is 408 g/mol. The van der Waals surface area contributed by atoms with Gasteiger partial charge < -0.3 is 14.2 Å². The van der Waals surface area contributed by atoms with Gasteiger partial charge >= 0.3 is 5.97 Å². The number of nitrogens with zero attached hydrogens (tertiary/aromatic N) is 1. The zero-order chi connectivity index (χ0) is 21.8. The Bertz CT molecular complexity index is 1060. The number of amides is 2. The minimum atomic E-state index is -0.613. The zero-order valence-electron chi connectivity index (χ0n) is 16.4. The third-order valence-corrected chi connectivity index (χ3v) is 4.47. The minimum Gasteiger partial charge on any atom is -0.497 e. The summed E-state index contributed by atoms with van der Waals surface area (Å²) in [5.41, 5.74) is 0.880. The van der Waals surface area contributed by atoms with Crippen LogP contribution in [0.5, 0.6) is 17.2 Å². The molecule has 0 aliphatic carbocycles. The molecule has 0 spiro atoms. The van der Waals surface area contributed by atoms with Crippen LogP contribution in [0.2, 0.25) is 0 Å². The minimum absolute atomic E-state index is 0.0184. The van der Waals surface area contributed by atoms with Crippen LogP contribution >= 0.6 is 12.2 Å². The van der Waals surface area contributed by atoms with E-state index in [1.54, 1.807) is 36.4 Å². The van der Waals surface area contributed by atoms with Gasteiger partial charge in [0.2, 0.25) is 0 Å². The van der Waals surface area contributed by atoms with Crippen LogP contribution in [0.15, 0.2) is 48.0 Å². The number of methoxy groups -OCH3 is 2. The largest absolute Gasteiger partial charge is 0.497 e. The highest BCUT2D eigenvalue weighted by Crippen LogP contribution is 2.30. The molecule has 1 heterocycles. The average molecular weight is 426 g/mol. The first-order valence-corrected chi connectivity index (χ1v) is 9.17. The van der Waals surface area contributed by atoms with E-state index in [9.17, 15) is 14.4 Å². The number of anilines is 1. The molecule has 1 N–H and O–H groups in total. The van der Waals surface area contributed by atoms with Crippen LogP contribution in [0, 0.1) is 0 Å². The lowest BCUT2D eigenvalue weighted by Gasteiger charge is -2.29. The Morgan fingerprint density at radius 1 is 1.03 bits per heavy atom. The van der Waals surface area contributed by atoms with E-state index in [1.165, 1.54) is 38.2 Å². The Morgan fingerprint density at radius 2 is 1.73 bits per heavy atom. The fourth-order valence-electron chi connectivity index (χ4n) is 2.80. The summed E-state index contributed by atoms with van der Waals surface area (Å²) in [5, 5.41) is 2.50. The van der Waals surface area contributed by atoms with Crippen LogP contribution in [0.1, 0.15) is 12.5 Å². The van der Waals surface area contributed by atoms with Gasteiger partial charge in [0, 0.05) is 6.92 Å². The molecule has 0 bridgehead atoms. The first-order valence-electron chi connectivity index (χ1n) is 8.76. The number of carbonyl (C=O) groups is 3. The molecule has 1 fully saturated rings. The van der Waals surface area contributed by atoms with Crippen molar-refractivity contribution in [3.63, 3.8) is 0 Å². The summed E-state index contributed by atoms with van der Waals surface area (Å²) in [5.74, 6) is -0.549. The van der Waals surface area contributed by atoms with Crippen LogP contribution < -0.4 is 24.4 Å². The van der Waals surface area contributed by atoms with E-state index in [4.69, 9.17) is 26.4 Å². The molecule has 0 radical (unpaired) electrons. The van der Waals surface area contributed by atoms with Crippen LogP contribution in [0.25, 0.3) is 6.08 Å². The van der Waals surface area contributed by atoms with Crippen molar-refractivity contribution in [2.24, 2.45) is 0 Å². The summed E-state index contributed by atoms with van der Waals surface area (Å²) in [6.07, 6.45) is 1.41. The lowest BCUT2D eigenvalue weighted by molar-refractivity contribution is -0.132. The normalized spacial score (nSPS) is 15.1. The van der Waals surface area contributed by atoms with E-state index in [2.05, 4.69) is 5.32 Å². The maximum absolute atomic E-state index is 13.0. The molecule has 0 saturated carbocycles. The second kappa shape index (κ2) is 8.75. The Balaban J connectivity index is 1.96. The maximum atomic E-state index is 13.0. The van der Waals surface area contributed by atoms with Crippen molar-refractivity contribution in [1.29, 1.82) is 0 Å². The highest BCUT2D eigenvalue weighted by molar-refractivity contribution is 7.80. The number of esters is 1. The number of hydrogen-bond acceptors (Lipinski definition) is 7. The molecule has 1 saturated heterocycles. The average Bonchev–Trinajstić information content (AvgIpc) is 2.72. The predicted molar refractivity (Wildman–Crippen MR) is 114 cm³/mol. The van der Waals surface area contributed by atoms with Crippen molar-refractivity contribution in [1.82, 2.24) is 5.32 Å². The molecule has 3 rings (SSSR count). The summed E-state index contributed by atoms with van der Waals surface area (Å²) in [4.78, 5) is 37.9. The second-order valence-corrected chi connectivity index (χ2v) is 6.55. The molecule has 1 aliphatic heterocycles. The Labute approximate surface area is 178 Å². The van der Waals surface area contributed by atoms with Crippen molar-refractivity contribution >= 4 is 46.9 Å². The molecule has 0 atom stereocenters. The van der Waals surface area contributed by atoms with Gasteiger partial charge in [0.15, 0.2) is 16.6 Å². The molecule has 1 aliphatic rings. The Hall–Kier alpha value is -3.72. The van der Waals surface area contributed by atoms with Gasteiger partial charge in [-0.1, -0.05) is 6.07 Å². The third-order valence-electron chi connectivity index (χ3n) is 4.18. The van der Waals surface area contributed by atoms with Crippen molar-refractivity contribution < 1.29 is 28.6 Å². The molecule has 30 heavy (non-hydrogen) atoms. The Kier molecular flexibility index (Phi) is 6.12. The van der Waals surface area contributed by atoms with E-state index in [-0.39, 0.29) is 22.2 Å². The van der Waals surface area contributed by atoms with Crippen molar-refractivity contribution in [2.75, 3.05) is 19.1 Å². The summed E-state index contributed by atoms with van der Waals surface area (Å²) in [7, 11) is 2.95. The molecule has 9 heteroatoms. The molecule has 2 aromatic rings. The molecule has 2 amide bonds. The third kappa shape index (κ3) is 4.31. The lowest BCUT2D eigenvalue weighted by atomic mass is 10.1. The molecule has 8 nitrogen and oxygen atoms in total. The van der Waals surface area contributed by atoms with Crippen molar-refractivity contribution in [3.8, 4) is 17.2 Å². The second-order valence-electron chi connectivity index (χ2n) is 6.16. The highest BCUT2D eigenvalue weighted by atomic mass is 32.1. The number of hydrogen-bond donors (Lipinski definition) is 1. The number of carbonyl (C=O) groups excluding carboxylic acids is 3. The smallest absolute Gasteiger partial charge is 0.308 e. The van der Waals surface area contributed by atoms with Crippen molar-refractivity contribution in [3.05, 3.63) is 53.6 Å². The molecule has 0 aromatic heterocycles. The van der Waals surface area contributed by atoms with Gasteiger partial charge in [-0.25, -0.2) is 0 Å². The van der Waals surface area contributed by atoms with Crippen molar-refractivity contribution in [2.45, 2.75) is 6.92 Å². The summed E-state index contributed by atoms with van der Waals surface area (Å²) in [6, 6.07) is 11.4. The molecule has 0 unspecified atom stereocenters. The van der Waals surface area contributed by atoms with E-state index >= 15 is 0 Å². The monoisotopic (exact) mass is 426 g/mol.